The number of nitrogens with zero attached hydrogens (tertiary/aromatic N) is 2. The molecule has 0 atom stereocenters. The molecule has 45 heavy (non-hydrogen) atoms. The molecule has 0 saturated heterocycles. The molecule has 2 heteroatoms. The van der Waals surface area contributed by atoms with E-state index in [1.807, 2.05) is 0 Å². The molecule has 0 amide bonds. The van der Waals surface area contributed by atoms with Gasteiger partial charge in [-0.3, -0.25) is 0 Å². The molecule has 0 aliphatic carbocycles. The second-order valence-corrected chi connectivity index (χ2v) is 12.6. The molecule has 7 aromatic carbocycles. The molecule has 0 saturated carbocycles. The third kappa shape index (κ3) is 3.82. The van der Waals surface area contributed by atoms with Crippen LogP contribution in [0.15, 0.2) is 158 Å². The first-order valence-electron chi connectivity index (χ1n) is 15.7. The fourth-order valence-electron chi connectivity index (χ4n) is 7.56. The van der Waals surface area contributed by atoms with Crippen LogP contribution in [0.1, 0.15) is 25.0 Å². The van der Waals surface area contributed by atoms with Gasteiger partial charge in [0.1, 0.15) is 0 Å². The van der Waals surface area contributed by atoms with Gasteiger partial charge in [-0.15, -0.1) is 0 Å². The highest BCUT2D eigenvalue weighted by Gasteiger charge is 2.37. The van der Waals surface area contributed by atoms with Crippen LogP contribution in [-0.2, 0) is 5.41 Å². The van der Waals surface area contributed by atoms with Crippen LogP contribution in [0.2, 0.25) is 0 Å². The molecule has 0 spiro atoms. The molecule has 2 nitrogen and oxygen atoms in total. The summed E-state index contributed by atoms with van der Waals surface area (Å²) in [5.41, 5.74) is 12.3. The van der Waals surface area contributed by atoms with E-state index in [0.29, 0.717) is 0 Å². The third-order valence-corrected chi connectivity index (χ3v) is 9.75. The quantitative estimate of drug-likeness (QED) is 0.203. The molecule has 1 aliphatic rings. The summed E-state index contributed by atoms with van der Waals surface area (Å²) in [7, 11) is 0. The normalized spacial score (nSPS) is 13.7. The highest BCUT2D eigenvalue weighted by molar-refractivity contribution is 6.21. The van der Waals surface area contributed by atoms with Crippen LogP contribution in [-0.4, -0.2) is 4.57 Å². The summed E-state index contributed by atoms with van der Waals surface area (Å²) >= 11 is 0. The van der Waals surface area contributed by atoms with E-state index in [4.69, 9.17) is 0 Å². The van der Waals surface area contributed by atoms with Gasteiger partial charge in [0.2, 0.25) is 0 Å². The molecule has 214 valence electrons. The highest BCUT2D eigenvalue weighted by atomic mass is 15.2. The van der Waals surface area contributed by atoms with E-state index in [9.17, 15) is 0 Å². The summed E-state index contributed by atoms with van der Waals surface area (Å²) in [5, 5.41) is 5.12. The molecule has 0 unspecified atom stereocenters. The Hall–Kier alpha value is -5.60. The summed E-state index contributed by atoms with van der Waals surface area (Å²) in [6, 6.07) is 57.6. The summed E-state index contributed by atoms with van der Waals surface area (Å²) in [4.78, 5) is 2.42. The van der Waals surface area contributed by atoms with Gasteiger partial charge >= 0.3 is 0 Å². The summed E-state index contributed by atoms with van der Waals surface area (Å²) in [6.07, 6.45) is 0. The minimum Gasteiger partial charge on any atom is -0.310 e. The van der Waals surface area contributed by atoms with Gasteiger partial charge in [-0.1, -0.05) is 111 Å². The lowest BCUT2D eigenvalue weighted by Gasteiger charge is -2.42. The number of hydrogen-bond donors (Lipinski definition) is 0. The van der Waals surface area contributed by atoms with E-state index < -0.39 is 0 Å². The summed E-state index contributed by atoms with van der Waals surface area (Å²) in [6.45, 7) is 4.72. The topological polar surface area (TPSA) is 8.17 Å². The molecule has 0 fully saturated rings. The van der Waals surface area contributed by atoms with Crippen molar-refractivity contribution >= 4 is 49.6 Å². The average molecular weight is 577 g/mol. The Morgan fingerprint density at radius 3 is 1.89 bits per heavy atom. The summed E-state index contributed by atoms with van der Waals surface area (Å²) < 4.78 is 2.41. The van der Waals surface area contributed by atoms with Gasteiger partial charge in [-0.25, -0.2) is 0 Å². The number of para-hydroxylation sites is 3. The fourth-order valence-corrected chi connectivity index (χ4v) is 7.56. The van der Waals surface area contributed by atoms with Crippen molar-refractivity contribution in [3.8, 4) is 16.8 Å². The smallest absolute Gasteiger partial charge is 0.0547 e. The Balaban J connectivity index is 1.29. The second-order valence-electron chi connectivity index (χ2n) is 12.6. The van der Waals surface area contributed by atoms with Crippen molar-refractivity contribution in [3.05, 3.63) is 169 Å². The molecular weight excluding hydrogens is 544 g/mol. The molecule has 2 heterocycles. The van der Waals surface area contributed by atoms with Gasteiger partial charge in [-0.05, 0) is 93.7 Å². The second kappa shape index (κ2) is 9.70. The van der Waals surface area contributed by atoms with Crippen molar-refractivity contribution in [2.75, 3.05) is 4.90 Å². The SMILES string of the molecule is CC1(C)c2ccccc2N(c2ccccc2)c2ccc(-c3ccc4c(c3)c3c5ccccc5ccc3n4-c3ccccc3)cc21. The van der Waals surface area contributed by atoms with Crippen molar-refractivity contribution in [1.29, 1.82) is 0 Å². The lowest BCUT2D eigenvalue weighted by Crippen LogP contribution is -2.30. The maximum absolute atomic E-state index is 2.43. The Bertz CT molecular complexity index is 2400. The zero-order valence-corrected chi connectivity index (χ0v) is 25.4. The number of rotatable bonds is 3. The van der Waals surface area contributed by atoms with Crippen molar-refractivity contribution in [2.45, 2.75) is 19.3 Å². The van der Waals surface area contributed by atoms with E-state index in [1.54, 1.807) is 0 Å². The maximum atomic E-state index is 2.43. The van der Waals surface area contributed by atoms with Gasteiger partial charge in [-0.2, -0.15) is 0 Å². The fraction of sp³-hybridized carbons (Fsp3) is 0.0698. The standard InChI is InChI=1S/C43H32N2/c1-43(2)36-19-11-12-20-39(36)45(33-16-7-4-8-17-33)40-25-23-31(28-37(40)43)30-22-24-38-35(27-30)42-34-18-10-9-13-29(34)21-26-41(42)44(38)32-14-5-3-6-15-32/h3-28H,1-2H3. The number of anilines is 3. The molecular formula is C43H32N2. The van der Waals surface area contributed by atoms with Crippen LogP contribution in [0.3, 0.4) is 0 Å². The van der Waals surface area contributed by atoms with Gasteiger partial charge < -0.3 is 9.47 Å². The zero-order chi connectivity index (χ0) is 30.1. The van der Waals surface area contributed by atoms with Gasteiger partial charge in [0.15, 0.2) is 0 Å². The molecule has 1 aromatic heterocycles. The Kier molecular flexibility index (Phi) is 5.58. The van der Waals surface area contributed by atoms with E-state index in [1.165, 1.54) is 77.6 Å². The zero-order valence-electron chi connectivity index (χ0n) is 25.4. The number of hydrogen-bond acceptors (Lipinski definition) is 1. The maximum Gasteiger partial charge on any atom is 0.0547 e. The number of fused-ring (bicyclic) bond motifs is 7. The lowest BCUT2D eigenvalue weighted by atomic mass is 9.73. The van der Waals surface area contributed by atoms with E-state index in [0.717, 1.165) is 0 Å². The predicted molar refractivity (Wildman–Crippen MR) is 191 cm³/mol. The number of aromatic nitrogens is 1. The Morgan fingerprint density at radius 2 is 1.07 bits per heavy atom. The van der Waals surface area contributed by atoms with Crippen LogP contribution < -0.4 is 4.90 Å². The molecule has 8 aromatic rings. The van der Waals surface area contributed by atoms with Crippen molar-refractivity contribution < 1.29 is 0 Å². The first-order chi connectivity index (χ1) is 22.1. The Morgan fingerprint density at radius 1 is 0.444 bits per heavy atom. The van der Waals surface area contributed by atoms with Gasteiger partial charge in [0.25, 0.3) is 0 Å². The first-order valence-corrected chi connectivity index (χ1v) is 15.7. The van der Waals surface area contributed by atoms with Crippen LogP contribution in [0.4, 0.5) is 17.1 Å². The lowest BCUT2D eigenvalue weighted by molar-refractivity contribution is 0.632. The van der Waals surface area contributed by atoms with E-state index in [-0.39, 0.29) is 5.41 Å². The minimum atomic E-state index is -0.156. The third-order valence-electron chi connectivity index (χ3n) is 9.75. The number of benzene rings is 7. The van der Waals surface area contributed by atoms with E-state index in [2.05, 4.69) is 181 Å². The Labute approximate surface area is 263 Å². The summed E-state index contributed by atoms with van der Waals surface area (Å²) in [5.74, 6) is 0. The van der Waals surface area contributed by atoms with Gasteiger partial charge in [0, 0.05) is 27.6 Å². The highest BCUT2D eigenvalue weighted by Crippen LogP contribution is 2.52. The van der Waals surface area contributed by atoms with Crippen LogP contribution in [0.5, 0.6) is 0 Å². The average Bonchev–Trinajstić information content (AvgIpc) is 3.43. The molecule has 1 aliphatic heterocycles. The molecule has 0 N–H and O–H groups in total. The van der Waals surface area contributed by atoms with Gasteiger partial charge in [0.05, 0.1) is 22.4 Å². The van der Waals surface area contributed by atoms with Crippen LogP contribution in [0.25, 0.3) is 49.4 Å². The van der Waals surface area contributed by atoms with Crippen molar-refractivity contribution in [2.24, 2.45) is 0 Å². The monoisotopic (exact) mass is 576 g/mol. The molecule has 0 radical (unpaired) electrons. The predicted octanol–water partition coefficient (Wildman–Crippen LogP) is 11.7. The minimum absolute atomic E-state index is 0.156. The largest absolute Gasteiger partial charge is 0.310 e. The van der Waals surface area contributed by atoms with Crippen LogP contribution >= 0.6 is 0 Å². The van der Waals surface area contributed by atoms with E-state index >= 15 is 0 Å². The van der Waals surface area contributed by atoms with Crippen LogP contribution in [0, 0.1) is 0 Å². The first kappa shape index (κ1) is 25.9. The van der Waals surface area contributed by atoms with Crippen molar-refractivity contribution in [1.82, 2.24) is 4.57 Å². The molecule has 0 bridgehead atoms. The van der Waals surface area contributed by atoms with Crippen molar-refractivity contribution in [3.63, 3.8) is 0 Å². The molecule has 9 rings (SSSR count).